The van der Waals surface area contributed by atoms with Crippen LogP contribution in [0, 0.1) is 0 Å². The van der Waals surface area contributed by atoms with Gasteiger partial charge in [0.2, 0.25) is 5.91 Å². The smallest absolute Gasteiger partial charge is 0.243 e. The molecule has 2 aromatic rings. The fraction of sp³-hybridized carbons (Fsp3) is 0.188. The highest BCUT2D eigenvalue weighted by Gasteiger charge is 2.06. The highest BCUT2D eigenvalue weighted by atomic mass is 35.5. The summed E-state index contributed by atoms with van der Waals surface area (Å²) in [5.41, 5.74) is 1.47. The first-order valence-electron chi connectivity index (χ1n) is 6.63. The van der Waals surface area contributed by atoms with Gasteiger partial charge in [0.25, 0.3) is 0 Å². The Labute approximate surface area is 134 Å². The molecular weight excluding hydrogens is 304 g/mol. The third-order valence-electron chi connectivity index (χ3n) is 2.96. The van der Waals surface area contributed by atoms with Crippen LogP contribution in [-0.4, -0.2) is 26.7 Å². The van der Waals surface area contributed by atoms with Crippen molar-refractivity contribution in [2.75, 3.05) is 31.4 Å². The summed E-state index contributed by atoms with van der Waals surface area (Å²) in [5, 5.41) is 6.43. The van der Waals surface area contributed by atoms with Gasteiger partial charge in [-0.15, -0.1) is 0 Å². The van der Waals surface area contributed by atoms with E-state index in [4.69, 9.17) is 21.1 Å². The Morgan fingerprint density at radius 1 is 1.00 bits per heavy atom. The van der Waals surface area contributed by atoms with Crippen LogP contribution in [0.4, 0.5) is 11.4 Å². The fourth-order valence-corrected chi connectivity index (χ4v) is 1.99. The van der Waals surface area contributed by atoms with Gasteiger partial charge in [-0.05, 0) is 36.4 Å². The molecule has 0 radical (unpaired) electrons. The van der Waals surface area contributed by atoms with Crippen molar-refractivity contribution in [1.29, 1.82) is 0 Å². The monoisotopic (exact) mass is 320 g/mol. The molecule has 6 heteroatoms. The van der Waals surface area contributed by atoms with Crippen LogP contribution in [-0.2, 0) is 4.79 Å². The zero-order chi connectivity index (χ0) is 15.9. The molecule has 0 unspecified atom stereocenters. The fourth-order valence-electron chi connectivity index (χ4n) is 1.87. The second-order valence-electron chi connectivity index (χ2n) is 4.48. The van der Waals surface area contributed by atoms with E-state index < -0.39 is 0 Å². The number of carbonyl (C=O) groups excluding carboxylic acids is 1. The van der Waals surface area contributed by atoms with Crippen molar-refractivity contribution in [3.05, 3.63) is 47.5 Å². The molecule has 0 bridgehead atoms. The van der Waals surface area contributed by atoms with Gasteiger partial charge in [0, 0.05) is 22.5 Å². The Bertz CT molecular complexity index is 644. The maximum Gasteiger partial charge on any atom is 0.243 e. The standard InChI is InChI=1S/C16H17ClN2O3/c1-21-14-8-7-13(9-15(14)22-2)18-10-16(20)19-12-5-3-11(17)4-6-12/h3-9,18H,10H2,1-2H3,(H,19,20). The molecule has 0 aliphatic carbocycles. The van der Waals surface area contributed by atoms with Gasteiger partial charge in [-0.3, -0.25) is 4.79 Å². The minimum Gasteiger partial charge on any atom is -0.493 e. The molecule has 1 amide bonds. The number of hydrogen-bond donors (Lipinski definition) is 2. The van der Waals surface area contributed by atoms with E-state index in [9.17, 15) is 4.79 Å². The third kappa shape index (κ3) is 4.30. The van der Waals surface area contributed by atoms with Gasteiger partial charge in [0.15, 0.2) is 11.5 Å². The summed E-state index contributed by atoms with van der Waals surface area (Å²) in [6, 6.07) is 12.3. The number of amides is 1. The van der Waals surface area contributed by atoms with E-state index in [0.29, 0.717) is 22.2 Å². The molecule has 2 rings (SSSR count). The summed E-state index contributed by atoms with van der Waals surface area (Å²) in [6.07, 6.45) is 0. The minimum atomic E-state index is -0.155. The van der Waals surface area contributed by atoms with E-state index in [0.717, 1.165) is 5.69 Å². The van der Waals surface area contributed by atoms with Crippen molar-refractivity contribution in [3.8, 4) is 11.5 Å². The van der Waals surface area contributed by atoms with Crippen LogP contribution < -0.4 is 20.1 Å². The van der Waals surface area contributed by atoms with Crippen molar-refractivity contribution in [2.24, 2.45) is 0 Å². The lowest BCUT2D eigenvalue weighted by atomic mass is 10.2. The van der Waals surface area contributed by atoms with Crippen LogP contribution in [0.15, 0.2) is 42.5 Å². The number of ether oxygens (including phenoxy) is 2. The molecule has 0 atom stereocenters. The molecular formula is C16H17ClN2O3. The first-order valence-corrected chi connectivity index (χ1v) is 7.01. The predicted molar refractivity (Wildman–Crippen MR) is 88.1 cm³/mol. The lowest BCUT2D eigenvalue weighted by Crippen LogP contribution is -2.21. The molecule has 0 heterocycles. The molecule has 0 aliphatic heterocycles. The highest BCUT2D eigenvalue weighted by molar-refractivity contribution is 6.30. The second-order valence-corrected chi connectivity index (χ2v) is 4.91. The summed E-state index contributed by atoms with van der Waals surface area (Å²) >= 11 is 5.80. The summed E-state index contributed by atoms with van der Waals surface area (Å²) in [4.78, 5) is 11.9. The maximum absolute atomic E-state index is 11.9. The average Bonchev–Trinajstić information content (AvgIpc) is 2.54. The molecule has 0 saturated carbocycles. The van der Waals surface area contributed by atoms with Crippen LogP contribution in [0.5, 0.6) is 11.5 Å². The Hall–Kier alpha value is -2.40. The minimum absolute atomic E-state index is 0.137. The van der Waals surface area contributed by atoms with Gasteiger partial charge in [0.1, 0.15) is 0 Å². The second kappa shape index (κ2) is 7.56. The molecule has 0 spiro atoms. The number of hydrogen-bond acceptors (Lipinski definition) is 4. The molecule has 5 nitrogen and oxygen atoms in total. The van der Waals surface area contributed by atoms with E-state index in [2.05, 4.69) is 10.6 Å². The number of anilines is 2. The van der Waals surface area contributed by atoms with Crippen LogP contribution >= 0.6 is 11.6 Å². The van der Waals surface area contributed by atoms with E-state index in [1.165, 1.54) is 0 Å². The van der Waals surface area contributed by atoms with Crippen LogP contribution in [0.2, 0.25) is 5.02 Å². The molecule has 0 fully saturated rings. The van der Waals surface area contributed by atoms with Crippen molar-refractivity contribution >= 4 is 28.9 Å². The number of benzene rings is 2. The van der Waals surface area contributed by atoms with Crippen molar-refractivity contribution in [3.63, 3.8) is 0 Å². The van der Waals surface area contributed by atoms with E-state index in [1.807, 2.05) is 6.07 Å². The zero-order valence-corrected chi connectivity index (χ0v) is 13.1. The number of rotatable bonds is 6. The van der Waals surface area contributed by atoms with Crippen LogP contribution in [0.3, 0.4) is 0 Å². The molecule has 0 saturated heterocycles. The van der Waals surface area contributed by atoms with Gasteiger partial charge in [-0.25, -0.2) is 0 Å². The number of halogens is 1. The quantitative estimate of drug-likeness (QED) is 0.856. The number of methoxy groups -OCH3 is 2. The maximum atomic E-state index is 11.9. The third-order valence-corrected chi connectivity index (χ3v) is 3.22. The van der Waals surface area contributed by atoms with Gasteiger partial charge in [0.05, 0.1) is 20.8 Å². The average molecular weight is 321 g/mol. The number of carbonyl (C=O) groups is 1. The summed E-state index contributed by atoms with van der Waals surface area (Å²) in [5.74, 6) is 1.08. The first-order chi connectivity index (χ1) is 10.6. The lowest BCUT2D eigenvalue weighted by molar-refractivity contribution is -0.114. The lowest BCUT2D eigenvalue weighted by Gasteiger charge is -2.11. The van der Waals surface area contributed by atoms with Crippen molar-refractivity contribution < 1.29 is 14.3 Å². The van der Waals surface area contributed by atoms with Crippen LogP contribution in [0.25, 0.3) is 0 Å². The predicted octanol–water partition coefficient (Wildman–Crippen LogP) is 3.41. The SMILES string of the molecule is COc1ccc(NCC(=O)Nc2ccc(Cl)cc2)cc1OC. The van der Waals surface area contributed by atoms with Gasteiger partial charge in [-0.2, -0.15) is 0 Å². The summed E-state index contributed by atoms with van der Waals surface area (Å²) < 4.78 is 10.4. The molecule has 0 aliphatic rings. The van der Waals surface area contributed by atoms with Crippen molar-refractivity contribution in [2.45, 2.75) is 0 Å². The van der Waals surface area contributed by atoms with Crippen molar-refractivity contribution in [1.82, 2.24) is 0 Å². The molecule has 0 aromatic heterocycles. The Balaban J connectivity index is 1.92. The number of nitrogens with one attached hydrogen (secondary N) is 2. The van der Waals surface area contributed by atoms with Gasteiger partial charge < -0.3 is 20.1 Å². The van der Waals surface area contributed by atoms with E-state index >= 15 is 0 Å². The topological polar surface area (TPSA) is 59.6 Å². The largest absolute Gasteiger partial charge is 0.493 e. The van der Waals surface area contributed by atoms with E-state index in [1.54, 1.807) is 50.6 Å². The zero-order valence-electron chi connectivity index (χ0n) is 12.4. The van der Waals surface area contributed by atoms with Crippen LogP contribution in [0.1, 0.15) is 0 Å². The first kappa shape index (κ1) is 16.0. The normalized spacial score (nSPS) is 9.95. The highest BCUT2D eigenvalue weighted by Crippen LogP contribution is 2.29. The molecule has 116 valence electrons. The Morgan fingerprint density at radius 3 is 2.27 bits per heavy atom. The summed E-state index contributed by atoms with van der Waals surface area (Å²) in [7, 11) is 3.14. The molecule has 2 N–H and O–H groups in total. The van der Waals surface area contributed by atoms with Gasteiger partial charge >= 0.3 is 0 Å². The summed E-state index contributed by atoms with van der Waals surface area (Å²) in [6.45, 7) is 0.137. The molecule has 2 aromatic carbocycles. The molecule has 22 heavy (non-hydrogen) atoms. The Morgan fingerprint density at radius 2 is 1.64 bits per heavy atom. The Kier molecular flexibility index (Phi) is 5.49. The van der Waals surface area contributed by atoms with E-state index in [-0.39, 0.29) is 12.5 Å². The van der Waals surface area contributed by atoms with Gasteiger partial charge in [-0.1, -0.05) is 11.6 Å².